The van der Waals surface area contributed by atoms with Gasteiger partial charge in [0, 0.05) is 5.41 Å². The third-order valence-corrected chi connectivity index (χ3v) is 4.36. The van der Waals surface area contributed by atoms with Crippen LogP contribution in [-0.2, 0) is 4.74 Å². The first-order valence-corrected chi connectivity index (χ1v) is 7.01. The van der Waals surface area contributed by atoms with Gasteiger partial charge in [-0.3, -0.25) is 4.57 Å². The van der Waals surface area contributed by atoms with E-state index >= 15 is 0 Å². The highest BCUT2D eigenvalue weighted by Gasteiger charge is 2.53. The topological polar surface area (TPSA) is 140 Å². The minimum Gasteiger partial charge on any atom is -0.396 e. The van der Waals surface area contributed by atoms with Gasteiger partial charge in [-0.2, -0.15) is 9.97 Å². The molecule has 3 rings (SSSR count). The van der Waals surface area contributed by atoms with E-state index in [2.05, 4.69) is 15.0 Å². The summed E-state index contributed by atoms with van der Waals surface area (Å²) in [6.07, 6.45) is -1.30. The maximum Gasteiger partial charge on any atom is 0.226 e. The summed E-state index contributed by atoms with van der Waals surface area (Å²) in [6, 6.07) is 0. The van der Waals surface area contributed by atoms with Crippen LogP contribution in [-0.4, -0.2) is 60.3 Å². The van der Waals surface area contributed by atoms with Crippen LogP contribution in [0.3, 0.4) is 0 Å². The van der Waals surface area contributed by atoms with Crippen LogP contribution < -0.4 is 5.73 Å². The molecule has 9 nitrogen and oxygen atoms in total. The Bertz CT molecular complexity index is 710. The molecule has 0 aliphatic carbocycles. The largest absolute Gasteiger partial charge is 0.396 e. The SMILES string of the molecule is C[C@]1(CO)[C@H](O)C(n2cnc3c(N)nc(Cl)nc32)O[C@@H]1CO. The van der Waals surface area contributed by atoms with Gasteiger partial charge in [-0.25, -0.2) is 4.98 Å². The Labute approximate surface area is 130 Å². The van der Waals surface area contributed by atoms with Crippen LogP contribution >= 0.6 is 11.6 Å². The molecule has 1 fully saturated rings. The minimum absolute atomic E-state index is 0.0529. The molecule has 3 heterocycles. The fourth-order valence-corrected chi connectivity index (χ4v) is 2.85. The minimum atomic E-state index is -1.08. The molecule has 0 saturated carbocycles. The van der Waals surface area contributed by atoms with Gasteiger partial charge in [-0.05, 0) is 11.6 Å². The molecule has 0 radical (unpaired) electrons. The normalized spacial score (nSPS) is 32.0. The van der Waals surface area contributed by atoms with Crippen molar-refractivity contribution in [1.29, 1.82) is 0 Å². The number of nitrogens with zero attached hydrogens (tertiary/aromatic N) is 4. The van der Waals surface area contributed by atoms with Gasteiger partial charge >= 0.3 is 0 Å². The van der Waals surface area contributed by atoms with Crippen LogP contribution in [0.25, 0.3) is 11.2 Å². The number of aliphatic hydroxyl groups excluding tert-OH is 3. The van der Waals surface area contributed by atoms with Crippen molar-refractivity contribution < 1.29 is 20.1 Å². The number of halogens is 1. The van der Waals surface area contributed by atoms with E-state index in [1.165, 1.54) is 10.9 Å². The van der Waals surface area contributed by atoms with Crippen molar-refractivity contribution in [1.82, 2.24) is 19.5 Å². The molecule has 1 aliphatic heterocycles. The summed E-state index contributed by atoms with van der Waals surface area (Å²) < 4.78 is 7.15. The number of fused-ring (bicyclic) bond motifs is 1. The van der Waals surface area contributed by atoms with Gasteiger partial charge in [0.2, 0.25) is 5.28 Å². The summed E-state index contributed by atoms with van der Waals surface area (Å²) in [5.41, 5.74) is 5.36. The number of imidazole rings is 1. The highest BCUT2D eigenvalue weighted by molar-refractivity contribution is 6.28. The molecule has 0 bridgehead atoms. The number of aromatic nitrogens is 4. The first-order chi connectivity index (χ1) is 10.4. The van der Waals surface area contributed by atoms with Crippen molar-refractivity contribution in [2.75, 3.05) is 18.9 Å². The Morgan fingerprint density at radius 2 is 2.18 bits per heavy atom. The van der Waals surface area contributed by atoms with E-state index in [1.54, 1.807) is 6.92 Å². The lowest BCUT2D eigenvalue weighted by molar-refractivity contribution is -0.0539. The second-order valence-corrected chi connectivity index (χ2v) is 5.85. The lowest BCUT2D eigenvalue weighted by Gasteiger charge is -2.29. The maximum atomic E-state index is 10.5. The Hall–Kier alpha value is -1.52. The number of nitrogen functional groups attached to an aromatic ring is 1. The van der Waals surface area contributed by atoms with Crippen molar-refractivity contribution in [3.05, 3.63) is 11.6 Å². The predicted molar refractivity (Wildman–Crippen MR) is 76.9 cm³/mol. The molecule has 1 unspecified atom stereocenters. The zero-order valence-electron chi connectivity index (χ0n) is 11.7. The van der Waals surface area contributed by atoms with E-state index in [0.717, 1.165) is 0 Å². The van der Waals surface area contributed by atoms with Crippen LogP contribution in [0.2, 0.25) is 5.28 Å². The molecule has 2 aromatic rings. The zero-order chi connectivity index (χ0) is 16.1. The lowest BCUT2D eigenvalue weighted by atomic mass is 9.81. The molecule has 4 atom stereocenters. The quantitative estimate of drug-likeness (QED) is 0.543. The fourth-order valence-electron chi connectivity index (χ4n) is 2.68. The number of hydrogen-bond donors (Lipinski definition) is 4. The predicted octanol–water partition coefficient (Wildman–Crippen LogP) is -0.689. The molecule has 1 saturated heterocycles. The van der Waals surface area contributed by atoms with E-state index in [4.69, 9.17) is 22.1 Å². The summed E-state index contributed by atoms with van der Waals surface area (Å²) in [7, 11) is 0. The number of aliphatic hydroxyl groups is 3. The van der Waals surface area contributed by atoms with Crippen LogP contribution in [0, 0.1) is 5.41 Å². The van der Waals surface area contributed by atoms with Crippen LogP contribution in [0.1, 0.15) is 13.2 Å². The molecule has 0 spiro atoms. The second kappa shape index (κ2) is 5.28. The molecule has 5 N–H and O–H groups in total. The lowest BCUT2D eigenvalue weighted by Crippen LogP contribution is -2.42. The monoisotopic (exact) mass is 329 g/mol. The first kappa shape index (κ1) is 15.4. The van der Waals surface area contributed by atoms with Crippen molar-refractivity contribution in [2.45, 2.75) is 25.4 Å². The average molecular weight is 330 g/mol. The van der Waals surface area contributed by atoms with Crippen LogP contribution in [0.4, 0.5) is 5.82 Å². The standard InChI is InChI=1S/C12H16ClN5O4/c1-12(3-20)5(2-19)22-10(7(12)21)18-4-15-6-8(14)16-11(13)17-9(6)18/h4-5,7,10,19-21H,2-3H2,1H3,(H2,14,16,17)/t5-,7-,10?,12-/m1/s1. The number of ether oxygens (including phenoxy) is 1. The summed E-state index contributed by atoms with van der Waals surface area (Å²) >= 11 is 5.81. The Morgan fingerprint density at radius 3 is 2.77 bits per heavy atom. The van der Waals surface area contributed by atoms with Crippen molar-refractivity contribution in [3.8, 4) is 0 Å². The number of rotatable bonds is 3. The molecule has 2 aromatic heterocycles. The van der Waals surface area contributed by atoms with E-state index in [9.17, 15) is 15.3 Å². The van der Waals surface area contributed by atoms with Crippen molar-refractivity contribution in [2.24, 2.45) is 5.41 Å². The summed E-state index contributed by atoms with van der Waals surface area (Å²) in [4.78, 5) is 12.0. The molecule has 10 heteroatoms. The maximum absolute atomic E-state index is 10.5. The third kappa shape index (κ3) is 2.05. The number of anilines is 1. The molecular weight excluding hydrogens is 314 g/mol. The molecule has 0 aromatic carbocycles. The van der Waals surface area contributed by atoms with Gasteiger partial charge in [0.25, 0.3) is 0 Å². The highest BCUT2D eigenvalue weighted by Crippen LogP contribution is 2.43. The highest BCUT2D eigenvalue weighted by atomic mass is 35.5. The molecule has 0 amide bonds. The van der Waals surface area contributed by atoms with E-state index in [-0.39, 0.29) is 24.3 Å². The van der Waals surface area contributed by atoms with Crippen LogP contribution in [0.5, 0.6) is 0 Å². The number of nitrogens with two attached hydrogens (primary N) is 1. The molecule has 1 aliphatic rings. The Morgan fingerprint density at radius 1 is 1.45 bits per heavy atom. The second-order valence-electron chi connectivity index (χ2n) is 5.51. The summed E-state index contributed by atoms with van der Waals surface area (Å²) in [6.45, 7) is 0.948. The van der Waals surface area contributed by atoms with Gasteiger partial charge in [-0.15, -0.1) is 0 Å². The van der Waals surface area contributed by atoms with E-state index < -0.39 is 23.9 Å². The summed E-state index contributed by atoms with van der Waals surface area (Å²) in [5, 5.41) is 29.5. The van der Waals surface area contributed by atoms with Crippen LogP contribution in [0.15, 0.2) is 6.33 Å². The fraction of sp³-hybridized carbons (Fsp3) is 0.583. The van der Waals surface area contributed by atoms with Gasteiger partial charge in [0.1, 0.15) is 11.6 Å². The van der Waals surface area contributed by atoms with Gasteiger partial charge in [0.15, 0.2) is 17.7 Å². The van der Waals surface area contributed by atoms with Gasteiger partial charge in [0.05, 0.1) is 25.6 Å². The summed E-state index contributed by atoms with van der Waals surface area (Å²) in [5.74, 6) is 0.116. The zero-order valence-corrected chi connectivity index (χ0v) is 12.5. The number of hydrogen-bond acceptors (Lipinski definition) is 8. The third-order valence-electron chi connectivity index (χ3n) is 4.19. The Balaban J connectivity index is 2.09. The smallest absolute Gasteiger partial charge is 0.226 e. The molecular formula is C12H16ClN5O4. The van der Waals surface area contributed by atoms with Gasteiger partial charge in [-0.1, -0.05) is 6.92 Å². The van der Waals surface area contributed by atoms with Gasteiger partial charge < -0.3 is 25.8 Å². The van der Waals surface area contributed by atoms with E-state index in [1.807, 2.05) is 0 Å². The Kier molecular flexibility index (Phi) is 3.69. The first-order valence-electron chi connectivity index (χ1n) is 6.63. The average Bonchev–Trinajstić information content (AvgIpc) is 3.00. The van der Waals surface area contributed by atoms with E-state index in [0.29, 0.717) is 11.2 Å². The van der Waals surface area contributed by atoms with Crippen molar-refractivity contribution >= 4 is 28.6 Å². The molecule has 120 valence electrons. The molecule has 22 heavy (non-hydrogen) atoms. The van der Waals surface area contributed by atoms with Crippen molar-refractivity contribution in [3.63, 3.8) is 0 Å².